The molecule has 0 N–H and O–H groups in total. The molecule has 0 aromatic heterocycles. The maximum Gasteiger partial charge on any atom is 0.184 e. The summed E-state index contributed by atoms with van der Waals surface area (Å²) in [4.78, 5) is 12.4. The van der Waals surface area contributed by atoms with E-state index in [0.717, 1.165) is 44.9 Å². The van der Waals surface area contributed by atoms with Crippen molar-refractivity contribution in [2.75, 3.05) is 0 Å². The van der Waals surface area contributed by atoms with Crippen LogP contribution in [0.25, 0.3) is 0 Å². The van der Waals surface area contributed by atoms with Crippen LogP contribution in [-0.4, -0.2) is 25.9 Å². The third-order valence-corrected chi connectivity index (χ3v) is 8.80. The Morgan fingerprint density at radius 3 is 2.41 bits per heavy atom. The molecule has 2 fully saturated rings. The van der Waals surface area contributed by atoms with Crippen molar-refractivity contribution in [3.63, 3.8) is 0 Å². The van der Waals surface area contributed by atoms with Gasteiger partial charge >= 0.3 is 0 Å². The van der Waals surface area contributed by atoms with E-state index in [1.807, 2.05) is 0 Å². The van der Waals surface area contributed by atoms with Gasteiger partial charge in [0.15, 0.2) is 8.32 Å². The first-order chi connectivity index (χ1) is 12.5. The van der Waals surface area contributed by atoms with Crippen molar-refractivity contribution in [3.8, 4) is 0 Å². The highest BCUT2D eigenvalue weighted by atomic mass is 28.4. The van der Waals surface area contributed by atoms with Crippen molar-refractivity contribution in [2.45, 2.75) is 117 Å². The Bertz CT molecular complexity index is 511. The first-order valence-corrected chi connectivity index (χ1v) is 14.8. The molecule has 158 valence electrons. The van der Waals surface area contributed by atoms with Crippen molar-refractivity contribution in [2.24, 2.45) is 23.2 Å². The zero-order chi connectivity index (χ0) is 20.5. The molecule has 2 saturated carbocycles. The van der Waals surface area contributed by atoms with Gasteiger partial charge < -0.3 is 4.43 Å². The molecule has 0 aromatic rings. The van der Waals surface area contributed by atoms with Crippen LogP contribution in [0.15, 0.2) is 0 Å². The van der Waals surface area contributed by atoms with Crippen LogP contribution >= 0.6 is 0 Å². The largest absolute Gasteiger partial charge is 0.409 e. The van der Waals surface area contributed by atoms with Gasteiger partial charge in [0.25, 0.3) is 0 Å². The number of rotatable bonds is 9. The second-order valence-electron chi connectivity index (χ2n) is 10.6. The Morgan fingerprint density at radius 1 is 1.22 bits per heavy atom. The number of alkyl halides is 1. The van der Waals surface area contributed by atoms with E-state index in [2.05, 4.69) is 47.3 Å². The summed E-state index contributed by atoms with van der Waals surface area (Å²) in [6.45, 7) is 15.2. The Kier molecular flexibility index (Phi) is 7.39. The average molecular weight is 399 g/mol. The molecule has 0 saturated heterocycles. The van der Waals surface area contributed by atoms with Crippen molar-refractivity contribution < 1.29 is 13.6 Å². The van der Waals surface area contributed by atoms with Crippen LogP contribution in [0.4, 0.5) is 4.39 Å². The predicted molar refractivity (Wildman–Crippen MR) is 114 cm³/mol. The topological polar surface area (TPSA) is 26.3 Å². The molecule has 0 amide bonds. The minimum absolute atomic E-state index is 0.155. The molecule has 2 aliphatic rings. The third-order valence-electron chi connectivity index (χ3n) is 7.78. The monoisotopic (exact) mass is 398 g/mol. The van der Waals surface area contributed by atoms with Crippen molar-refractivity contribution in [3.05, 3.63) is 0 Å². The van der Waals surface area contributed by atoms with Gasteiger partial charge in [-0.05, 0) is 88.3 Å². The number of hydrogen-bond donors (Lipinski definition) is 0. The van der Waals surface area contributed by atoms with E-state index in [4.69, 9.17) is 4.43 Å². The van der Waals surface area contributed by atoms with E-state index in [1.54, 1.807) is 0 Å². The van der Waals surface area contributed by atoms with E-state index in [1.165, 1.54) is 6.42 Å². The summed E-state index contributed by atoms with van der Waals surface area (Å²) in [7, 11) is -1.80. The van der Waals surface area contributed by atoms with Crippen molar-refractivity contribution >= 4 is 14.1 Å². The molecular weight excluding hydrogens is 355 g/mol. The molecule has 0 heterocycles. The van der Waals surface area contributed by atoms with Gasteiger partial charge in [-0.25, -0.2) is 4.39 Å². The normalized spacial score (nSPS) is 31.6. The summed E-state index contributed by atoms with van der Waals surface area (Å²) in [6.07, 6.45) is 7.24. The molecular formula is C23H43FO2Si. The molecule has 2 rings (SSSR count). The van der Waals surface area contributed by atoms with Crippen LogP contribution in [0.5, 0.6) is 0 Å². The lowest BCUT2D eigenvalue weighted by molar-refractivity contribution is -0.130. The van der Waals surface area contributed by atoms with Crippen LogP contribution in [0.1, 0.15) is 85.5 Å². The molecule has 2 aliphatic carbocycles. The minimum atomic E-state index is -1.80. The highest BCUT2D eigenvalue weighted by Gasteiger charge is 2.52. The first kappa shape index (κ1) is 23.1. The molecule has 0 unspecified atom stereocenters. The van der Waals surface area contributed by atoms with Crippen LogP contribution in [0.2, 0.25) is 19.6 Å². The van der Waals surface area contributed by atoms with Crippen LogP contribution in [0, 0.1) is 23.2 Å². The minimum Gasteiger partial charge on any atom is -0.409 e. The molecule has 0 spiro atoms. The van der Waals surface area contributed by atoms with E-state index in [-0.39, 0.29) is 11.3 Å². The van der Waals surface area contributed by atoms with Crippen molar-refractivity contribution in [1.29, 1.82) is 0 Å². The van der Waals surface area contributed by atoms with Crippen LogP contribution < -0.4 is 0 Å². The fourth-order valence-corrected chi connectivity index (χ4v) is 7.93. The average Bonchev–Trinajstić information content (AvgIpc) is 2.95. The summed E-state index contributed by atoms with van der Waals surface area (Å²) in [5.41, 5.74) is -0.463. The van der Waals surface area contributed by atoms with Gasteiger partial charge in [0.1, 0.15) is 12.0 Å². The summed E-state index contributed by atoms with van der Waals surface area (Å²) >= 11 is 0. The van der Waals surface area contributed by atoms with Gasteiger partial charge in [-0.3, -0.25) is 4.79 Å². The van der Waals surface area contributed by atoms with Gasteiger partial charge in [0.05, 0.1) is 5.60 Å². The number of carbonyl (C=O) groups excluding carboxylic acids is 1. The number of carbonyl (C=O) groups is 1. The zero-order valence-electron chi connectivity index (χ0n) is 18.9. The lowest BCUT2D eigenvalue weighted by atomic mass is 9.62. The smallest absolute Gasteiger partial charge is 0.184 e. The fourth-order valence-electron chi connectivity index (χ4n) is 6.29. The third kappa shape index (κ3) is 4.86. The Labute approximate surface area is 168 Å². The van der Waals surface area contributed by atoms with Gasteiger partial charge in [-0.2, -0.15) is 0 Å². The fraction of sp³-hybridized carbons (Fsp3) is 0.957. The summed E-state index contributed by atoms with van der Waals surface area (Å²) in [5, 5.41) is 0. The number of fused-ring (bicyclic) bond motifs is 1. The van der Waals surface area contributed by atoms with E-state index in [9.17, 15) is 4.79 Å². The standard InChI is InChI=1S/C23H43FO2Si/c1-8-23(9-2,26-27(5,6)7)21(24)15-12-17(3)18-13-14-19-20(25)11-10-16-22(18,19)4/h17-19,21H,8-16H2,1-7H3/t17-,18-,19+,21-,22-/m1/s1. The van der Waals surface area contributed by atoms with E-state index >= 15 is 4.39 Å². The van der Waals surface area contributed by atoms with Gasteiger partial charge in [-0.1, -0.05) is 27.7 Å². The number of halogens is 1. The Morgan fingerprint density at radius 2 is 1.85 bits per heavy atom. The van der Waals surface area contributed by atoms with Crippen LogP contribution in [-0.2, 0) is 9.22 Å². The van der Waals surface area contributed by atoms with E-state index in [0.29, 0.717) is 24.0 Å². The molecule has 2 nitrogen and oxygen atoms in total. The molecule has 0 radical (unpaired) electrons. The summed E-state index contributed by atoms with van der Waals surface area (Å²) in [5.74, 6) is 1.79. The molecule has 0 aliphatic heterocycles. The Hall–Kier alpha value is -0.223. The first-order valence-electron chi connectivity index (χ1n) is 11.4. The molecule has 4 heteroatoms. The lowest BCUT2D eigenvalue weighted by Gasteiger charge is -2.43. The summed E-state index contributed by atoms with van der Waals surface area (Å²) < 4.78 is 21.8. The SMILES string of the molecule is CCC(CC)(O[Si](C)(C)C)[C@H](F)CC[C@@H](C)[C@H]1CC[C@H]2C(=O)CCC[C@]12C. The number of hydrogen-bond acceptors (Lipinski definition) is 2. The van der Waals surface area contributed by atoms with Crippen molar-refractivity contribution in [1.82, 2.24) is 0 Å². The lowest BCUT2D eigenvalue weighted by Crippen LogP contribution is -2.49. The van der Waals surface area contributed by atoms with Gasteiger partial charge in [0.2, 0.25) is 0 Å². The molecule has 0 aromatic carbocycles. The second kappa shape index (κ2) is 8.65. The Balaban J connectivity index is 2.01. The van der Waals surface area contributed by atoms with Crippen LogP contribution in [0.3, 0.4) is 0 Å². The molecule has 27 heavy (non-hydrogen) atoms. The summed E-state index contributed by atoms with van der Waals surface area (Å²) in [6, 6.07) is 0. The van der Waals surface area contributed by atoms with E-state index < -0.39 is 20.1 Å². The highest BCUT2D eigenvalue weighted by molar-refractivity contribution is 6.69. The number of Topliss-reactive ketones (excluding diaryl/α,β-unsaturated/α-hetero) is 1. The van der Waals surface area contributed by atoms with Gasteiger partial charge in [-0.15, -0.1) is 0 Å². The zero-order valence-corrected chi connectivity index (χ0v) is 19.9. The second-order valence-corrected chi connectivity index (χ2v) is 15.0. The predicted octanol–water partition coefficient (Wildman–Crippen LogP) is 6.94. The number of ketones is 1. The maximum atomic E-state index is 15.4. The quantitative estimate of drug-likeness (QED) is 0.393. The van der Waals surface area contributed by atoms with Gasteiger partial charge in [0, 0.05) is 12.3 Å². The maximum absolute atomic E-state index is 15.4. The highest BCUT2D eigenvalue weighted by Crippen LogP contribution is 2.57. The molecule has 0 bridgehead atoms. The molecule has 5 atom stereocenters.